The molecule has 0 atom stereocenters. The van der Waals surface area contributed by atoms with Gasteiger partial charge in [0.15, 0.2) is 0 Å². The second-order valence-corrected chi connectivity index (χ2v) is 7.58. The monoisotopic (exact) mass is 406 g/mol. The number of anilines is 1. The van der Waals surface area contributed by atoms with Gasteiger partial charge in [-0.3, -0.25) is 4.79 Å². The van der Waals surface area contributed by atoms with Gasteiger partial charge in [-0.2, -0.15) is 0 Å². The number of piperazine rings is 1. The van der Waals surface area contributed by atoms with Gasteiger partial charge in [0.25, 0.3) is 0 Å². The van der Waals surface area contributed by atoms with Crippen LogP contribution < -0.4 is 9.64 Å². The second kappa shape index (κ2) is 9.34. The molecule has 1 aliphatic rings. The van der Waals surface area contributed by atoms with E-state index in [1.165, 1.54) is 0 Å². The van der Waals surface area contributed by atoms with Crippen LogP contribution in [0.4, 0.5) is 5.69 Å². The summed E-state index contributed by atoms with van der Waals surface area (Å²) in [5.74, 6) is 1.02. The molecule has 1 amide bonds. The fraction of sp³-hybridized carbons (Fsp3) is 0.381. The van der Waals surface area contributed by atoms with Crippen molar-refractivity contribution in [2.24, 2.45) is 0 Å². The number of carbonyl (C=O) groups excluding carboxylic acids is 1. The van der Waals surface area contributed by atoms with Crippen LogP contribution in [0.1, 0.15) is 18.4 Å². The summed E-state index contributed by atoms with van der Waals surface area (Å²) in [6.07, 6.45) is 1.21. The number of halogens is 2. The molecule has 0 radical (unpaired) electrons. The molecule has 2 aromatic rings. The SMILES string of the molecule is Cc1cc(Cl)ccc1OCCCC(=O)N1CCN(c2ccc(Cl)cc2)CC1. The van der Waals surface area contributed by atoms with E-state index in [0.717, 1.165) is 48.2 Å². The minimum Gasteiger partial charge on any atom is -0.493 e. The summed E-state index contributed by atoms with van der Waals surface area (Å²) in [5, 5.41) is 1.44. The molecule has 0 unspecified atom stereocenters. The molecule has 0 aliphatic carbocycles. The third kappa shape index (κ3) is 5.53. The molecule has 1 fully saturated rings. The number of carbonyl (C=O) groups is 1. The predicted octanol–water partition coefficient (Wildman–Crippen LogP) is 4.81. The van der Waals surface area contributed by atoms with E-state index in [1.54, 1.807) is 0 Å². The van der Waals surface area contributed by atoms with Crippen molar-refractivity contribution in [2.75, 3.05) is 37.7 Å². The highest BCUT2D eigenvalue weighted by Crippen LogP contribution is 2.22. The minimum atomic E-state index is 0.196. The summed E-state index contributed by atoms with van der Waals surface area (Å²) in [6, 6.07) is 13.4. The zero-order chi connectivity index (χ0) is 19.2. The number of rotatable bonds is 6. The average Bonchev–Trinajstić information content (AvgIpc) is 2.67. The topological polar surface area (TPSA) is 32.8 Å². The van der Waals surface area contributed by atoms with Crippen LogP contribution in [-0.4, -0.2) is 43.6 Å². The number of ether oxygens (including phenoxy) is 1. The van der Waals surface area contributed by atoms with E-state index in [2.05, 4.69) is 4.90 Å². The van der Waals surface area contributed by atoms with Gasteiger partial charge >= 0.3 is 0 Å². The van der Waals surface area contributed by atoms with Crippen molar-refractivity contribution in [1.82, 2.24) is 4.90 Å². The zero-order valence-electron chi connectivity index (χ0n) is 15.5. The van der Waals surface area contributed by atoms with Gasteiger partial charge in [-0.05, 0) is 61.4 Å². The average molecular weight is 407 g/mol. The first-order valence-electron chi connectivity index (χ1n) is 9.20. The molecule has 0 N–H and O–H groups in total. The van der Waals surface area contributed by atoms with Gasteiger partial charge in [-0.1, -0.05) is 23.2 Å². The predicted molar refractivity (Wildman–Crippen MR) is 111 cm³/mol. The first kappa shape index (κ1) is 19.8. The molecule has 6 heteroatoms. The standard InChI is InChI=1S/C21H24Cl2N2O2/c1-16-15-18(23)6-9-20(16)27-14-2-3-21(26)25-12-10-24(11-13-25)19-7-4-17(22)5-8-19/h4-9,15H,2-3,10-14H2,1H3. The molecule has 1 saturated heterocycles. The fourth-order valence-electron chi connectivity index (χ4n) is 3.20. The number of nitrogens with zero attached hydrogens (tertiary/aromatic N) is 2. The highest BCUT2D eigenvalue weighted by Gasteiger charge is 2.20. The molecule has 1 aliphatic heterocycles. The maximum absolute atomic E-state index is 12.4. The normalized spacial score (nSPS) is 14.3. The lowest BCUT2D eigenvalue weighted by atomic mass is 10.2. The smallest absolute Gasteiger partial charge is 0.222 e. The molecule has 0 aromatic heterocycles. The summed E-state index contributed by atoms with van der Waals surface area (Å²) < 4.78 is 5.77. The van der Waals surface area contributed by atoms with Crippen LogP contribution in [0.3, 0.4) is 0 Å². The molecule has 144 valence electrons. The fourth-order valence-corrected chi connectivity index (χ4v) is 3.56. The van der Waals surface area contributed by atoms with E-state index in [0.29, 0.717) is 24.5 Å². The number of aryl methyl sites for hydroxylation is 1. The Bertz CT molecular complexity index is 772. The van der Waals surface area contributed by atoms with Gasteiger partial charge in [0.1, 0.15) is 5.75 Å². The van der Waals surface area contributed by atoms with Crippen LogP contribution in [-0.2, 0) is 4.79 Å². The Balaban J connectivity index is 1.38. The largest absolute Gasteiger partial charge is 0.493 e. The maximum Gasteiger partial charge on any atom is 0.222 e. The van der Waals surface area contributed by atoms with Crippen LogP contribution in [0, 0.1) is 6.92 Å². The molecule has 0 saturated carbocycles. The Labute approximate surface area is 170 Å². The van der Waals surface area contributed by atoms with Gasteiger partial charge in [0.05, 0.1) is 6.61 Å². The molecular formula is C21H24Cl2N2O2. The molecule has 0 spiro atoms. The van der Waals surface area contributed by atoms with Crippen LogP contribution in [0.25, 0.3) is 0 Å². The lowest BCUT2D eigenvalue weighted by Gasteiger charge is -2.36. The molecule has 2 aromatic carbocycles. The molecule has 27 heavy (non-hydrogen) atoms. The molecular weight excluding hydrogens is 383 g/mol. The first-order valence-corrected chi connectivity index (χ1v) is 9.96. The van der Waals surface area contributed by atoms with E-state index in [4.69, 9.17) is 27.9 Å². The van der Waals surface area contributed by atoms with E-state index in [9.17, 15) is 4.79 Å². The number of hydrogen-bond donors (Lipinski definition) is 0. The van der Waals surface area contributed by atoms with Crippen LogP contribution in [0.15, 0.2) is 42.5 Å². The van der Waals surface area contributed by atoms with Crippen LogP contribution >= 0.6 is 23.2 Å². The van der Waals surface area contributed by atoms with Crippen molar-refractivity contribution in [3.8, 4) is 5.75 Å². The second-order valence-electron chi connectivity index (χ2n) is 6.71. The van der Waals surface area contributed by atoms with E-state index in [1.807, 2.05) is 54.3 Å². The van der Waals surface area contributed by atoms with Crippen molar-refractivity contribution in [2.45, 2.75) is 19.8 Å². The van der Waals surface area contributed by atoms with Crippen molar-refractivity contribution < 1.29 is 9.53 Å². The number of hydrogen-bond acceptors (Lipinski definition) is 3. The summed E-state index contributed by atoms with van der Waals surface area (Å²) in [5.41, 5.74) is 2.16. The lowest BCUT2D eigenvalue weighted by Crippen LogP contribution is -2.48. The number of benzene rings is 2. The molecule has 0 bridgehead atoms. The van der Waals surface area contributed by atoms with E-state index >= 15 is 0 Å². The Morgan fingerprint density at radius 2 is 1.67 bits per heavy atom. The van der Waals surface area contributed by atoms with Gasteiger partial charge < -0.3 is 14.5 Å². The van der Waals surface area contributed by atoms with Gasteiger partial charge in [-0.25, -0.2) is 0 Å². The first-order chi connectivity index (χ1) is 13.0. The highest BCUT2D eigenvalue weighted by molar-refractivity contribution is 6.30. The summed E-state index contributed by atoms with van der Waals surface area (Å²) in [4.78, 5) is 16.7. The Morgan fingerprint density at radius 1 is 1.00 bits per heavy atom. The summed E-state index contributed by atoms with van der Waals surface area (Å²) in [6.45, 7) is 5.67. The highest BCUT2D eigenvalue weighted by atomic mass is 35.5. The van der Waals surface area contributed by atoms with Crippen molar-refractivity contribution >= 4 is 34.8 Å². The van der Waals surface area contributed by atoms with Gasteiger partial charge in [0.2, 0.25) is 5.91 Å². The van der Waals surface area contributed by atoms with Crippen LogP contribution in [0.5, 0.6) is 5.75 Å². The minimum absolute atomic E-state index is 0.196. The Morgan fingerprint density at radius 3 is 2.33 bits per heavy atom. The van der Waals surface area contributed by atoms with Crippen molar-refractivity contribution in [1.29, 1.82) is 0 Å². The maximum atomic E-state index is 12.4. The van der Waals surface area contributed by atoms with Gasteiger partial charge in [-0.15, -0.1) is 0 Å². The van der Waals surface area contributed by atoms with Gasteiger partial charge in [0, 0.05) is 48.3 Å². The number of amides is 1. The van der Waals surface area contributed by atoms with Crippen molar-refractivity contribution in [3.63, 3.8) is 0 Å². The molecule has 3 rings (SSSR count). The van der Waals surface area contributed by atoms with Crippen LogP contribution in [0.2, 0.25) is 10.0 Å². The third-order valence-corrected chi connectivity index (χ3v) is 5.24. The Kier molecular flexibility index (Phi) is 6.86. The quantitative estimate of drug-likeness (QED) is 0.645. The Hall–Kier alpha value is -1.91. The lowest BCUT2D eigenvalue weighted by molar-refractivity contribution is -0.131. The summed E-state index contributed by atoms with van der Waals surface area (Å²) in [7, 11) is 0. The molecule has 4 nitrogen and oxygen atoms in total. The summed E-state index contributed by atoms with van der Waals surface area (Å²) >= 11 is 11.9. The zero-order valence-corrected chi connectivity index (χ0v) is 17.0. The van der Waals surface area contributed by atoms with E-state index in [-0.39, 0.29) is 5.91 Å². The third-order valence-electron chi connectivity index (χ3n) is 4.75. The van der Waals surface area contributed by atoms with E-state index < -0.39 is 0 Å². The van der Waals surface area contributed by atoms with Crippen molar-refractivity contribution in [3.05, 3.63) is 58.1 Å². The molecule has 1 heterocycles.